The number of nitrogens with zero attached hydrogens (tertiary/aromatic N) is 2. The van der Waals surface area contributed by atoms with Gasteiger partial charge in [-0.1, -0.05) is 12.1 Å². The molecule has 8 nitrogen and oxygen atoms in total. The van der Waals surface area contributed by atoms with E-state index in [2.05, 4.69) is 15.5 Å². The molecule has 0 saturated heterocycles. The summed E-state index contributed by atoms with van der Waals surface area (Å²) in [4.78, 5) is 28.1. The molecule has 0 bridgehead atoms. The largest absolute Gasteiger partial charge is 0.478 e. The second-order valence-corrected chi connectivity index (χ2v) is 6.00. The number of rotatable bonds is 7. The Balaban J connectivity index is 1.96. The molecule has 0 aromatic carbocycles. The Hall–Kier alpha value is -2.26. The smallest absolute Gasteiger partial charge is 0.339 e. The molecule has 2 aromatic rings. The van der Waals surface area contributed by atoms with E-state index in [9.17, 15) is 14.7 Å². The van der Waals surface area contributed by atoms with Gasteiger partial charge < -0.3 is 19.7 Å². The zero-order chi connectivity index (χ0) is 17.0. The minimum absolute atomic E-state index is 0.0176. The number of thiophene rings is 1. The van der Waals surface area contributed by atoms with Gasteiger partial charge in [-0.05, 0) is 25.8 Å². The minimum atomic E-state index is -1.05. The Bertz CT molecular complexity index is 722. The van der Waals surface area contributed by atoms with Crippen molar-refractivity contribution in [2.45, 2.75) is 33.8 Å². The first kappa shape index (κ1) is 17.1. The third-order valence-corrected chi connectivity index (χ3v) is 4.12. The summed E-state index contributed by atoms with van der Waals surface area (Å²) in [6.07, 6.45) is 0.590. The Labute approximate surface area is 136 Å². The number of aromatic carboxylic acids is 1. The van der Waals surface area contributed by atoms with Crippen LogP contribution in [0, 0.1) is 13.8 Å². The summed E-state index contributed by atoms with van der Waals surface area (Å²) < 4.78 is 10.0. The van der Waals surface area contributed by atoms with Crippen molar-refractivity contribution in [1.29, 1.82) is 0 Å². The third-order valence-electron chi connectivity index (χ3n) is 3.06. The number of carbonyl (C=O) groups excluding carboxylic acids is 1. The maximum atomic E-state index is 11.9. The zero-order valence-corrected chi connectivity index (χ0v) is 13.8. The molecule has 0 aliphatic heterocycles. The fraction of sp³-hybridized carbons (Fsp3) is 0.429. The minimum Gasteiger partial charge on any atom is -0.478 e. The molecule has 0 saturated carbocycles. The molecule has 2 N–H and O–H groups in total. The van der Waals surface area contributed by atoms with E-state index in [1.54, 1.807) is 6.92 Å². The van der Waals surface area contributed by atoms with Gasteiger partial charge >= 0.3 is 5.97 Å². The Morgan fingerprint density at radius 2 is 2.13 bits per heavy atom. The van der Waals surface area contributed by atoms with Gasteiger partial charge in [0, 0.05) is 4.88 Å². The van der Waals surface area contributed by atoms with Crippen LogP contribution in [0.3, 0.4) is 0 Å². The second kappa shape index (κ2) is 7.34. The van der Waals surface area contributed by atoms with Crippen molar-refractivity contribution in [2.75, 3.05) is 11.9 Å². The molecular weight excluding hydrogens is 322 g/mol. The Kier molecular flexibility index (Phi) is 5.45. The van der Waals surface area contributed by atoms with E-state index in [0.29, 0.717) is 17.2 Å². The molecule has 0 radical (unpaired) electrons. The maximum Gasteiger partial charge on any atom is 0.339 e. The van der Waals surface area contributed by atoms with Gasteiger partial charge in [0.15, 0.2) is 5.82 Å². The van der Waals surface area contributed by atoms with Crippen molar-refractivity contribution in [1.82, 2.24) is 10.1 Å². The summed E-state index contributed by atoms with van der Waals surface area (Å²) in [7, 11) is 0. The van der Waals surface area contributed by atoms with Crippen LogP contribution in [0.15, 0.2) is 4.52 Å². The number of carboxylic acid groups (broad SMARTS) is 1. The highest BCUT2D eigenvalue weighted by molar-refractivity contribution is 7.16. The van der Waals surface area contributed by atoms with Crippen LogP contribution in [0.4, 0.5) is 5.00 Å². The van der Waals surface area contributed by atoms with Crippen LogP contribution in [-0.2, 0) is 22.6 Å². The molecule has 9 heteroatoms. The van der Waals surface area contributed by atoms with Crippen LogP contribution in [0.5, 0.6) is 0 Å². The van der Waals surface area contributed by atoms with Gasteiger partial charge in [-0.2, -0.15) is 4.98 Å². The Morgan fingerprint density at radius 3 is 2.70 bits per heavy atom. The molecular formula is C14H17N3O5S. The number of carboxylic acids is 1. The molecule has 124 valence electrons. The number of aromatic nitrogens is 2. The maximum absolute atomic E-state index is 11.9. The van der Waals surface area contributed by atoms with Gasteiger partial charge in [-0.15, -0.1) is 11.3 Å². The summed E-state index contributed by atoms with van der Waals surface area (Å²) in [5.41, 5.74) is 0.885. The fourth-order valence-corrected chi connectivity index (χ4v) is 3.26. The van der Waals surface area contributed by atoms with Crippen LogP contribution in [0.2, 0.25) is 0 Å². The summed E-state index contributed by atoms with van der Waals surface area (Å²) in [5.74, 6) is -0.724. The van der Waals surface area contributed by atoms with Crippen LogP contribution < -0.4 is 5.32 Å². The van der Waals surface area contributed by atoms with Crippen LogP contribution in [0.25, 0.3) is 0 Å². The molecule has 1 amide bonds. The molecule has 0 aliphatic rings. The van der Waals surface area contributed by atoms with E-state index < -0.39 is 11.9 Å². The Morgan fingerprint density at radius 1 is 1.39 bits per heavy atom. The molecule has 0 spiro atoms. The zero-order valence-electron chi connectivity index (χ0n) is 13.0. The first-order valence-corrected chi connectivity index (χ1v) is 7.76. The summed E-state index contributed by atoms with van der Waals surface area (Å²) in [6.45, 7) is 5.17. The van der Waals surface area contributed by atoms with Crippen molar-refractivity contribution in [2.24, 2.45) is 0 Å². The average molecular weight is 339 g/mol. The lowest BCUT2D eigenvalue weighted by Gasteiger charge is -2.05. The van der Waals surface area contributed by atoms with Crippen LogP contribution in [-0.4, -0.2) is 33.7 Å². The van der Waals surface area contributed by atoms with Crippen molar-refractivity contribution in [3.8, 4) is 0 Å². The highest BCUT2D eigenvalue weighted by Gasteiger charge is 2.21. The van der Waals surface area contributed by atoms with Gasteiger partial charge in [-0.25, -0.2) is 4.79 Å². The highest BCUT2D eigenvalue weighted by atomic mass is 32.1. The molecule has 0 unspecified atom stereocenters. The molecule has 0 fully saturated rings. The predicted octanol–water partition coefficient (Wildman–Crippen LogP) is 2.16. The van der Waals surface area contributed by atoms with Crippen molar-refractivity contribution in [3.05, 3.63) is 27.7 Å². The first-order chi connectivity index (χ1) is 10.9. The molecule has 0 aliphatic carbocycles. The first-order valence-electron chi connectivity index (χ1n) is 6.94. The van der Waals surface area contributed by atoms with E-state index in [1.807, 2.05) is 13.8 Å². The topological polar surface area (TPSA) is 115 Å². The lowest BCUT2D eigenvalue weighted by molar-refractivity contribution is -0.121. The van der Waals surface area contributed by atoms with Crippen molar-refractivity contribution >= 4 is 28.2 Å². The highest BCUT2D eigenvalue weighted by Crippen LogP contribution is 2.33. The monoisotopic (exact) mass is 339 g/mol. The van der Waals surface area contributed by atoms with E-state index in [4.69, 9.17) is 9.26 Å². The van der Waals surface area contributed by atoms with E-state index in [1.165, 1.54) is 11.3 Å². The number of amides is 1. The number of hydrogen-bond acceptors (Lipinski definition) is 7. The van der Waals surface area contributed by atoms with Crippen LogP contribution in [0.1, 0.15) is 39.4 Å². The van der Waals surface area contributed by atoms with E-state index in [-0.39, 0.29) is 24.7 Å². The predicted molar refractivity (Wildman–Crippen MR) is 82.7 cm³/mol. The van der Waals surface area contributed by atoms with Gasteiger partial charge in [-0.3, -0.25) is 4.79 Å². The molecule has 2 aromatic heterocycles. The van der Waals surface area contributed by atoms with Gasteiger partial charge in [0.05, 0.1) is 5.56 Å². The normalized spacial score (nSPS) is 10.7. The van der Waals surface area contributed by atoms with Crippen molar-refractivity contribution < 1.29 is 24.0 Å². The number of ether oxygens (including phenoxy) is 1. The van der Waals surface area contributed by atoms with E-state index >= 15 is 0 Å². The number of aryl methyl sites for hydroxylation is 2. The van der Waals surface area contributed by atoms with Gasteiger partial charge in [0.2, 0.25) is 0 Å². The average Bonchev–Trinajstić information content (AvgIpc) is 3.01. The number of anilines is 1. The molecule has 2 heterocycles. The SMILES string of the molecule is CCc1c(C)sc(NC(=O)COCc2nc(C)no2)c1C(=O)O. The summed E-state index contributed by atoms with van der Waals surface area (Å²) in [6, 6.07) is 0. The fourth-order valence-electron chi connectivity index (χ4n) is 2.11. The third kappa shape index (κ3) is 4.14. The quantitative estimate of drug-likeness (QED) is 0.794. The van der Waals surface area contributed by atoms with Crippen molar-refractivity contribution in [3.63, 3.8) is 0 Å². The van der Waals surface area contributed by atoms with E-state index in [0.717, 1.165) is 10.4 Å². The van der Waals surface area contributed by atoms with Crippen LogP contribution >= 0.6 is 11.3 Å². The molecule has 0 atom stereocenters. The lowest BCUT2D eigenvalue weighted by atomic mass is 10.1. The van der Waals surface area contributed by atoms with Gasteiger partial charge in [0.1, 0.15) is 18.2 Å². The second-order valence-electron chi connectivity index (χ2n) is 4.78. The standard InChI is InChI=1S/C14H17N3O5S/c1-4-9-7(2)23-13(12(9)14(19)20)16-10(18)5-21-6-11-15-8(3)17-22-11/h4-6H2,1-3H3,(H,16,18)(H,19,20). The molecule has 23 heavy (non-hydrogen) atoms. The summed E-state index contributed by atoms with van der Waals surface area (Å²) in [5, 5.41) is 15.8. The summed E-state index contributed by atoms with van der Waals surface area (Å²) >= 11 is 1.25. The van der Waals surface area contributed by atoms with Gasteiger partial charge in [0.25, 0.3) is 11.8 Å². The lowest BCUT2D eigenvalue weighted by Crippen LogP contribution is -2.19. The number of nitrogens with one attached hydrogen (secondary N) is 1. The molecule has 2 rings (SSSR count). The number of hydrogen-bond donors (Lipinski definition) is 2. The number of carbonyl (C=O) groups is 2.